The van der Waals surface area contributed by atoms with E-state index in [1.165, 1.54) is 11.8 Å². The van der Waals surface area contributed by atoms with E-state index in [-0.39, 0.29) is 11.7 Å². The fraction of sp³-hybridized carbons (Fsp3) is 0.222. The minimum atomic E-state index is -0.0794. The Morgan fingerprint density at radius 3 is 2.58 bits per heavy atom. The zero-order chi connectivity index (χ0) is 18.4. The molecule has 0 saturated heterocycles. The fourth-order valence-electron chi connectivity index (χ4n) is 2.24. The van der Waals surface area contributed by atoms with Gasteiger partial charge in [0.05, 0.1) is 18.6 Å². The van der Waals surface area contributed by atoms with Crippen molar-refractivity contribution in [3.63, 3.8) is 0 Å². The second-order valence-corrected chi connectivity index (χ2v) is 6.56. The SMILES string of the molecule is COc1ccc(CNC(=O)CSc2nnnn2-c2ccc(C)cc2)cc1. The van der Waals surface area contributed by atoms with E-state index in [4.69, 9.17) is 4.74 Å². The number of hydrogen-bond acceptors (Lipinski definition) is 6. The molecule has 1 amide bonds. The quantitative estimate of drug-likeness (QED) is 0.644. The maximum Gasteiger partial charge on any atom is 0.230 e. The molecule has 0 atom stereocenters. The zero-order valence-corrected chi connectivity index (χ0v) is 15.4. The number of ether oxygens (including phenoxy) is 1. The molecule has 0 saturated carbocycles. The molecule has 0 spiro atoms. The van der Waals surface area contributed by atoms with Crippen LogP contribution in [0.25, 0.3) is 5.69 Å². The van der Waals surface area contributed by atoms with Crippen LogP contribution in [0.5, 0.6) is 5.75 Å². The van der Waals surface area contributed by atoms with E-state index in [2.05, 4.69) is 20.8 Å². The number of nitrogens with zero attached hydrogens (tertiary/aromatic N) is 4. The molecule has 0 aliphatic carbocycles. The number of carbonyl (C=O) groups excluding carboxylic acids is 1. The van der Waals surface area contributed by atoms with Gasteiger partial charge in [-0.3, -0.25) is 4.79 Å². The van der Waals surface area contributed by atoms with Crippen LogP contribution in [-0.2, 0) is 11.3 Å². The predicted octanol–water partition coefficient (Wildman–Crippen LogP) is 2.39. The largest absolute Gasteiger partial charge is 0.497 e. The maximum atomic E-state index is 12.1. The number of methoxy groups -OCH3 is 1. The summed E-state index contributed by atoms with van der Waals surface area (Å²) in [5.74, 6) is 0.949. The molecule has 0 unspecified atom stereocenters. The topological polar surface area (TPSA) is 81.9 Å². The molecule has 3 aromatic rings. The Morgan fingerprint density at radius 2 is 1.88 bits per heavy atom. The third-order valence-electron chi connectivity index (χ3n) is 3.70. The number of hydrogen-bond donors (Lipinski definition) is 1. The number of nitrogens with one attached hydrogen (secondary N) is 1. The number of aromatic nitrogens is 4. The van der Waals surface area contributed by atoms with Crippen LogP contribution in [0.15, 0.2) is 53.7 Å². The standard InChI is InChI=1S/C18H19N5O2S/c1-13-3-7-15(8-4-13)23-18(20-21-22-23)26-12-17(24)19-11-14-5-9-16(25-2)10-6-14/h3-10H,11-12H2,1-2H3,(H,19,24). The van der Waals surface area contributed by atoms with Crippen molar-refractivity contribution in [1.82, 2.24) is 25.5 Å². The lowest BCUT2D eigenvalue weighted by Crippen LogP contribution is -2.24. The van der Waals surface area contributed by atoms with Gasteiger partial charge in [-0.05, 0) is 47.2 Å². The highest BCUT2D eigenvalue weighted by Crippen LogP contribution is 2.18. The van der Waals surface area contributed by atoms with Gasteiger partial charge in [0.25, 0.3) is 0 Å². The van der Waals surface area contributed by atoms with E-state index >= 15 is 0 Å². The van der Waals surface area contributed by atoms with E-state index in [1.807, 2.05) is 55.5 Å². The van der Waals surface area contributed by atoms with E-state index in [1.54, 1.807) is 11.8 Å². The molecule has 0 radical (unpaired) electrons. The van der Waals surface area contributed by atoms with Crippen molar-refractivity contribution in [2.75, 3.05) is 12.9 Å². The van der Waals surface area contributed by atoms with Crippen LogP contribution in [0.1, 0.15) is 11.1 Å². The molecule has 26 heavy (non-hydrogen) atoms. The van der Waals surface area contributed by atoms with Crippen LogP contribution >= 0.6 is 11.8 Å². The fourth-order valence-corrected chi connectivity index (χ4v) is 2.96. The summed E-state index contributed by atoms with van der Waals surface area (Å²) in [6.45, 7) is 2.48. The number of rotatable bonds is 7. The zero-order valence-electron chi connectivity index (χ0n) is 14.5. The van der Waals surface area contributed by atoms with Crippen molar-refractivity contribution in [2.45, 2.75) is 18.6 Å². The van der Waals surface area contributed by atoms with Crippen molar-refractivity contribution in [3.05, 3.63) is 59.7 Å². The van der Waals surface area contributed by atoms with Crippen LogP contribution in [-0.4, -0.2) is 39.0 Å². The number of aryl methyl sites for hydroxylation is 1. The molecule has 1 N–H and O–H groups in total. The summed E-state index contributed by atoms with van der Waals surface area (Å²) in [5.41, 5.74) is 3.03. The third kappa shape index (κ3) is 4.60. The first-order chi connectivity index (χ1) is 12.7. The van der Waals surface area contributed by atoms with Crippen LogP contribution in [0.3, 0.4) is 0 Å². The maximum absolute atomic E-state index is 12.1. The number of tetrazole rings is 1. The summed E-state index contributed by atoms with van der Waals surface area (Å²) in [6, 6.07) is 15.4. The molecule has 8 heteroatoms. The summed E-state index contributed by atoms with van der Waals surface area (Å²) in [5, 5.41) is 15.2. The smallest absolute Gasteiger partial charge is 0.230 e. The van der Waals surface area contributed by atoms with Crippen molar-refractivity contribution in [3.8, 4) is 11.4 Å². The molecule has 3 rings (SSSR count). The summed E-state index contributed by atoms with van der Waals surface area (Å²) in [6.07, 6.45) is 0. The molecule has 7 nitrogen and oxygen atoms in total. The minimum absolute atomic E-state index is 0.0794. The Bertz CT molecular complexity index is 862. The first-order valence-corrected chi connectivity index (χ1v) is 9.02. The van der Waals surface area contributed by atoms with Gasteiger partial charge in [0.2, 0.25) is 11.1 Å². The molecule has 2 aromatic carbocycles. The molecular formula is C18H19N5O2S. The van der Waals surface area contributed by atoms with Crippen LogP contribution < -0.4 is 10.1 Å². The summed E-state index contributed by atoms with van der Waals surface area (Å²) < 4.78 is 6.74. The highest BCUT2D eigenvalue weighted by atomic mass is 32.2. The van der Waals surface area contributed by atoms with Crippen molar-refractivity contribution >= 4 is 17.7 Å². The molecular weight excluding hydrogens is 350 g/mol. The number of thioether (sulfide) groups is 1. The van der Waals surface area contributed by atoms with Gasteiger partial charge < -0.3 is 10.1 Å². The summed E-state index contributed by atoms with van der Waals surface area (Å²) >= 11 is 1.30. The number of amides is 1. The summed E-state index contributed by atoms with van der Waals surface area (Å²) in [4.78, 5) is 12.1. The van der Waals surface area contributed by atoms with Gasteiger partial charge in [-0.1, -0.05) is 41.6 Å². The molecule has 0 bridgehead atoms. The Morgan fingerprint density at radius 1 is 1.15 bits per heavy atom. The number of carbonyl (C=O) groups is 1. The molecule has 0 fully saturated rings. The Balaban J connectivity index is 1.53. The van der Waals surface area contributed by atoms with Gasteiger partial charge in [0.15, 0.2) is 0 Å². The van der Waals surface area contributed by atoms with Gasteiger partial charge in [-0.2, -0.15) is 4.68 Å². The van der Waals surface area contributed by atoms with Crippen LogP contribution in [0, 0.1) is 6.92 Å². The lowest BCUT2D eigenvalue weighted by molar-refractivity contribution is -0.118. The second kappa shape index (κ2) is 8.48. The average Bonchev–Trinajstić information content (AvgIpc) is 3.14. The number of benzene rings is 2. The minimum Gasteiger partial charge on any atom is -0.497 e. The predicted molar refractivity (Wildman–Crippen MR) is 99.5 cm³/mol. The van der Waals surface area contributed by atoms with Gasteiger partial charge in [-0.15, -0.1) is 5.10 Å². The Kier molecular flexibility index (Phi) is 5.85. The van der Waals surface area contributed by atoms with Gasteiger partial charge >= 0.3 is 0 Å². The van der Waals surface area contributed by atoms with Crippen LogP contribution in [0.4, 0.5) is 0 Å². The lowest BCUT2D eigenvalue weighted by atomic mass is 10.2. The Hall–Kier alpha value is -2.87. The van der Waals surface area contributed by atoms with Gasteiger partial charge in [0, 0.05) is 6.54 Å². The lowest BCUT2D eigenvalue weighted by Gasteiger charge is -2.07. The monoisotopic (exact) mass is 369 g/mol. The normalized spacial score (nSPS) is 10.5. The van der Waals surface area contributed by atoms with Crippen molar-refractivity contribution < 1.29 is 9.53 Å². The van der Waals surface area contributed by atoms with Crippen molar-refractivity contribution in [1.29, 1.82) is 0 Å². The third-order valence-corrected chi connectivity index (χ3v) is 4.62. The average molecular weight is 369 g/mol. The summed E-state index contributed by atoms with van der Waals surface area (Å²) in [7, 11) is 1.62. The Labute approximate surface area is 155 Å². The highest BCUT2D eigenvalue weighted by Gasteiger charge is 2.11. The first-order valence-electron chi connectivity index (χ1n) is 8.03. The van der Waals surface area contributed by atoms with Crippen molar-refractivity contribution in [2.24, 2.45) is 0 Å². The molecule has 1 aromatic heterocycles. The van der Waals surface area contributed by atoms with Crippen LogP contribution in [0.2, 0.25) is 0 Å². The van der Waals surface area contributed by atoms with E-state index in [0.29, 0.717) is 11.7 Å². The first kappa shape index (κ1) is 17.9. The van der Waals surface area contributed by atoms with E-state index in [0.717, 1.165) is 22.6 Å². The highest BCUT2D eigenvalue weighted by molar-refractivity contribution is 7.99. The van der Waals surface area contributed by atoms with E-state index in [9.17, 15) is 4.79 Å². The van der Waals surface area contributed by atoms with Gasteiger partial charge in [0.1, 0.15) is 5.75 Å². The molecule has 0 aliphatic heterocycles. The second-order valence-electron chi connectivity index (χ2n) is 5.62. The molecule has 1 heterocycles. The van der Waals surface area contributed by atoms with E-state index < -0.39 is 0 Å². The van der Waals surface area contributed by atoms with Gasteiger partial charge in [-0.25, -0.2) is 0 Å². The molecule has 134 valence electrons. The molecule has 0 aliphatic rings.